The SMILES string of the molecule is C=CC(=C)CC[C@H]1[C@]2(C)CCCC(C)(C)[C@H]2[C@@H](O)C[C@]1(C)O. The Kier molecular flexibility index (Phi) is 4.68. The molecule has 0 radical (unpaired) electrons. The molecule has 0 saturated heterocycles. The van der Waals surface area contributed by atoms with E-state index in [-0.39, 0.29) is 22.7 Å². The van der Waals surface area contributed by atoms with Gasteiger partial charge in [0.2, 0.25) is 0 Å². The maximum absolute atomic E-state index is 11.0. The summed E-state index contributed by atoms with van der Waals surface area (Å²) in [5, 5.41) is 21.8. The molecule has 0 unspecified atom stereocenters. The summed E-state index contributed by atoms with van der Waals surface area (Å²) >= 11 is 0. The largest absolute Gasteiger partial charge is 0.393 e. The minimum absolute atomic E-state index is 0.00956. The molecular formula is C20H34O2. The predicted octanol–water partition coefficient (Wildman–Crippen LogP) is 4.47. The highest BCUT2D eigenvalue weighted by atomic mass is 16.3. The zero-order valence-electron chi connectivity index (χ0n) is 14.9. The van der Waals surface area contributed by atoms with E-state index >= 15 is 0 Å². The third-order valence-electron chi connectivity index (χ3n) is 6.69. The van der Waals surface area contributed by atoms with Crippen LogP contribution in [0, 0.1) is 22.7 Å². The number of hydrogen-bond acceptors (Lipinski definition) is 2. The van der Waals surface area contributed by atoms with E-state index in [4.69, 9.17) is 0 Å². The number of rotatable bonds is 4. The van der Waals surface area contributed by atoms with Crippen LogP contribution in [0.2, 0.25) is 0 Å². The zero-order chi connectivity index (χ0) is 16.8. The molecule has 2 aliphatic rings. The second-order valence-electron chi connectivity index (χ2n) is 8.91. The number of fused-ring (bicyclic) bond motifs is 1. The predicted molar refractivity (Wildman–Crippen MR) is 92.5 cm³/mol. The third kappa shape index (κ3) is 2.92. The summed E-state index contributed by atoms with van der Waals surface area (Å²) in [5.74, 6) is 0.459. The molecule has 2 N–H and O–H groups in total. The van der Waals surface area contributed by atoms with Gasteiger partial charge < -0.3 is 10.2 Å². The maximum Gasteiger partial charge on any atom is 0.0677 e. The van der Waals surface area contributed by atoms with Crippen molar-refractivity contribution in [2.75, 3.05) is 0 Å². The van der Waals surface area contributed by atoms with Gasteiger partial charge in [0.25, 0.3) is 0 Å². The van der Waals surface area contributed by atoms with Crippen LogP contribution >= 0.6 is 0 Å². The lowest BCUT2D eigenvalue weighted by molar-refractivity contribution is -0.214. The van der Waals surface area contributed by atoms with Crippen LogP contribution in [0.5, 0.6) is 0 Å². The molecule has 0 aromatic heterocycles. The van der Waals surface area contributed by atoms with Crippen molar-refractivity contribution in [3.8, 4) is 0 Å². The molecule has 0 aromatic rings. The lowest BCUT2D eigenvalue weighted by Gasteiger charge is -2.63. The first-order valence-corrected chi connectivity index (χ1v) is 8.75. The lowest BCUT2D eigenvalue weighted by Crippen LogP contribution is -2.62. The van der Waals surface area contributed by atoms with Crippen molar-refractivity contribution in [3.63, 3.8) is 0 Å². The summed E-state index contributed by atoms with van der Waals surface area (Å²) in [4.78, 5) is 0. The van der Waals surface area contributed by atoms with Gasteiger partial charge in [0.05, 0.1) is 11.7 Å². The Bertz CT molecular complexity index is 449. The summed E-state index contributed by atoms with van der Waals surface area (Å²) in [6, 6.07) is 0. The minimum atomic E-state index is -0.806. The average molecular weight is 306 g/mol. The third-order valence-corrected chi connectivity index (χ3v) is 6.69. The van der Waals surface area contributed by atoms with E-state index in [1.165, 1.54) is 12.8 Å². The highest BCUT2D eigenvalue weighted by molar-refractivity contribution is 5.14. The Labute approximate surface area is 136 Å². The van der Waals surface area contributed by atoms with Crippen molar-refractivity contribution >= 4 is 0 Å². The van der Waals surface area contributed by atoms with Crippen LogP contribution in [-0.4, -0.2) is 21.9 Å². The van der Waals surface area contributed by atoms with Crippen LogP contribution in [0.25, 0.3) is 0 Å². The van der Waals surface area contributed by atoms with Gasteiger partial charge in [-0.25, -0.2) is 0 Å². The van der Waals surface area contributed by atoms with Crippen LogP contribution < -0.4 is 0 Å². The molecule has 2 saturated carbocycles. The average Bonchev–Trinajstić information content (AvgIpc) is 2.34. The van der Waals surface area contributed by atoms with E-state index < -0.39 is 11.7 Å². The summed E-state index contributed by atoms with van der Waals surface area (Å²) in [6.45, 7) is 16.6. The van der Waals surface area contributed by atoms with Crippen molar-refractivity contribution in [1.82, 2.24) is 0 Å². The number of allylic oxidation sites excluding steroid dienone is 2. The number of hydrogen-bond donors (Lipinski definition) is 2. The van der Waals surface area contributed by atoms with Gasteiger partial charge in [0.15, 0.2) is 0 Å². The summed E-state index contributed by atoms with van der Waals surface area (Å²) < 4.78 is 0. The minimum Gasteiger partial charge on any atom is -0.393 e. The van der Waals surface area contributed by atoms with Gasteiger partial charge in [-0.2, -0.15) is 0 Å². The van der Waals surface area contributed by atoms with Gasteiger partial charge in [-0.1, -0.05) is 52.0 Å². The quantitative estimate of drug-likeness (QED) is 0.752. The molecule has 2 fully saturated rings. The second kappa shape index (κ2) is 5.79. The molecule has 2 nitrogen and oxygen atoms in total. The number of aliphatic hydroxyl groups excluding tert-OH is 1. The molecule has 126 valence electrons. The van der Waals surface area contributed by atoms with E-state index in [0.29, 0.717) is 6.42 Å². The first-order valence-electron chi connectivity index (χ1n) is 8.75. The molecule has 2 rings (SSSR count). The molecular weight excluding hydrogens is 272 g/mol. The molecule has 2 heteroatoms. The molecule has 0 aromatic carbocycles. The molecule has 0 aliphatic heterocycles. The smallest absolute Gasteiger partial charge is 0.0677 e. The lowest BCUT2D eigenvalue weighted by atomic mass is 9.44. The fourth-order valence-electron chi connectivity index (χ4n) is 5.95. The van der Waals surface area contributed by atoms with Crippen LogP contribution in [0.3, 0.4) is 0 Å². The Hall–Kier alpha value is -0.600. The Balaban J connectivity index is 2.35. The molecule has 22 heavy (non-hydrogen) atoms. The topological polar surface area (TPSA) is 40.5 Å². The number of aliphatic hydroxyl groups is 2. The van der Waals surface area contributed by atoms with E-state index in [9.17, 15) is 10.2 Å². The maximum atomic E-state index is 11.0. The van der Waals surface area contributed by atoms with Crippen LogP contribution in [0.15, 0.2) is 24.8 Å². The highest BCUT2D eigenvalue weighted by Crippen LogP contribution is 2.62. The molecule has 0 amide bonds. The fourth-order valence-corrected chi connectivity index (χ4v) is 5.95. The monoisotopic (exact) mass is 306 g/mol. The van der Waals surface area contributed by atoms with E-state index in [1.54, 1.807) is 0 Å². The van der Waals surface area contributed by atoms with Crippen LogP contribution in [0.1, 0.15) is 66.2 Å². The summed E-state index contributed by atoms with van der Waals surface area (Å²) in [5.41, 5.74) is 0.359. The molecule has 0 bridgehead atoms. The Morgan fingerprint density at radius 2 is 1.86 bits per heavy atom. The van der Waals surface area contributed by atoms with Gasteiger partial charge in [-0.15, -0.1) is 0 Å². The summed E-state index contributed by atoms with van der Waals surface area (Å²) in [6.07, 6.45) is 7.14. The first kappa shape index (κ1) is 17.7. The van der Waals surface area contributed by atoms with Gasteiger partial charge in [-0.05, 0) is 55.3 Å². The van der Waals surface area contributed by atoms with Crippen LogP contribution in [0.4, 0.5) is 0 Å². The Morgan fingerprint density at radius 3 is 2.45 bits per heavy atom. The summed E-state index contributed by atoms with van der Waals surface area (Å²) in [7, 11) is 0. The van der Waals surface area contributed by atoms with Crippen molar-refractivity contribution in [2.45, 2.75) is 77.9 Å². The Morgan fingerprint density at radius 1 is 1.23 bits per heavy atom. The van der Waals surface area contributed by atoms with E-state index in [2.05, 4.69) is 33.9 Å². The zero-order valence-corrected chi connectivity index (χ0v) is 14.9. The van der Waals surface area contributed by atoms with E-state index in [0.717, 1.165) is 24.8 Å². The first-order chi connectivity index (χ1) is 10.0. The second-order valence-corrected chi connectivity index (χ2v) is 8.91. The van der Waals surface area contributed by atoms with Crippen molar-refractivity contribution in [3.05, 3.63) is 24.8 Å². The molecule has 5 atom stereocenters. The van der Waals surface area contributed by atoms with Crippen molar-refractivity contribution < 1.29 is 10.2 Å². The van der Waals surface area contributed by atoms with Gasteiger partial charge in [-0.3, -0.25) is 0 Å². The fraction of sp³-hybridized carbons (Fsp3) is 0.800. The van der Waals surface area contributed by atoms with Gasteiger partial charge >= 0.3 is 0 Å². The standard InChI is InChI=1S/C20H34O2/c1-7-14(2)9-10-16-19(5)12-8-11-18(3,4)17(19)15(21)13-20(16,6)22/h7,15-17,21-22H,1-2,8-13H2,3-6H3/t15-,16-,17+,19-,20-/m0/s1. The molecule has 2 aliphatic carbocycles. The highest BCUT2D eigenvalue weighted by Gasteiger charge is 2.60. The molecule has 0 spiro atoms. The molecule has 0 heterocycles. The van der Waals surface area contributed by atoms with Crippen molar-refractivity contribution in [2.24, 2.45) is 22.7 Å². The van der Waals surface area contributed by atoms with Gasteiger partial charge in [0, 0.05) is 6.42 Å². The van der Waals surface area contributed by atoms with Gasteiger partial charge in [0.1, 0.15) is 0 Å². The van der Waals surface area contributed by atoms with Crippen molar-refractivity contribution in [1.29, 1.82) is 0 Å². The van der Waals surface area contributed by atoms with Crippen LogP contribution in [-0.2, 0) is 0 Å². The normalized spacial score (nSPS) is 44.2. The van der Waals surface area contributed by atoms with E-state index in [1.807, 2.05) is 13.0 Å².